The van der Waals surface area contributed by atoms with Gasteiger partial charge in [-0.1, -0.05) is 81.4 Å². The van der Waals surface area contributed by atoms with Gasteiger partial charge in [0.1, 0.15) is 18.1 Å². The minimum absolute atomic E-state index is 0.147. The summed E-state index contributed by atoms with van der Waals surface area (Å²) >= 11 is 5.92. The lowest BCUT2D eigenvalue weighted by molar-refractivity contribution is -0.150. The van der Waals surface area contributed by atoms with Crippen LogP contribution in [-0.2, 0) is 24.6 Å². The third kappa shape index (κ3) is 5.59. The van der Waals surface area contributed by atoms with Crippen molar-refractivity contribution in [2.75, 3.05) is 7.11 Å². The van der Waals surface area contributed by atoms with Crippen molar-refractivity contribution in [2.24, 2.45) is 0 Å². The highest BCUT2D eigenvalue weighted by molar-refractivity contribution is 6.99. The second kappa shape index (κ2) is 11.3. The van der Waals surface area contributed by atoms with Gasteiger partial charge in [0.25, 0.3) is 8.32 Å². The average Bonchev–Trinajstić information content (AvgIpc) is 3.37. The molecule has 36 heavy (non-hydrogen) atoms. The van der Waals surface area contributed by atoms with Gasteiger partial charge < -0.3 is 18.3 Å². The Morgan fingerprint density at radius 2 is 1.67 bits per heavy atom. The first-order chi connectivity index (χ1) is 17.3. The van der Waals surface area contributed by atoms with Crippen LogP contribution in [0, 0.1) is 0 Å². The summed E-state index contributed by atoms with van der Waals surface area (Å²) < 4.78 is 24.1. The predicted molar refractivity (Wildman–Crippen MR) is 142 cm³/mol. The number of benzene rings is 2. The molecule has 2 aromatic carbocycles. The molecule has 0 saturated carbocycles. The third-order valence-electron chi connectivity index (χ3n) is 6.76. The zero-order chi connectivity index (χ0) is 25.8. The lowest BCUT2D eigenvalue weighted by Crippen LogP contribution is -2.68. The van der Waals surface area contributed by atoms with E-state index in [4.69, 9.17) is 29.9 Å². The number of carbonyl (C=O) groups excluding carboxylic acids is 1. The molecule has 0 spiro atoms. The number of rotatable bonds is 8. The number of carbonyl (C=O) groups is 1. The van der Waals surface area contributed by atoms with Crippen molar-refractivity contribution in [2.45, 2.75) is 69.3 Å². The van der Waals surface area contributed by atoms with E-state index in [1.165, 1.54) is 17.5 Å². The molecule has 192 valence electrons. The molecular formula is C28H34ClNO5Si. The molecule has 1 aliphatic rings. The molecule has 2 heterocycles. The maximum Gasteiger partial charge on any atom is 0.308 e. The van der Waals surface area contributed by atoms with Crippen molar-refractivity contribution in [3.8, 4) is 0 Å². The minimum Gasteiger partial charge on any atom is -0.469 e. The molecule has 1 aromatic heterocycles. The maximum atomic E-state index is 12.2. The van der Waals surface area contributed by atoms with Gasteiger partial charge in [-0.05, 0) is 21.8 Å². The first kappa shape index (κ1) is 26.6. The van der Waals surface area contributed by atoms with Gasteiger partial charge in [-0.15, -0.1) is 11.6 Å². The predicted octanol–water partition coefficient (Wildman–Crippen LogP) is 5.14. The van der Waals surface area contributed by atoms with Crippen LogP contribution < -0.4 is 10.4 Å². The first-order valence-corrected chi connectivity index (χ1v) is 14.7. The Balaban J connectivity index is 1.75. The molecule has 0 bridgehead atoms. The number of hydrogen-bond acceptors (Lipinski definition) is 6. The van der Waals surface area contributed by atoms with Gasteiger partial charge >= 0.3 is 5.97 Å². The number of ether oxygens (including phenoxy) is 2. The number of hydrogen-bond donors (Lipinski definition) is 0. The molecular weight excluding hydrogens is 494 g/mol. The van der Waals surface area contributed by atoms with Gasteiger partial charge in [-0.25, -0.2) is 4.98 Å². The molecule has 0 aliphatic carbocycles. The van der Waals surface area contributed by atoms with Gasteiger partial charge in [-0.3, -0.25) is 4.79 Å². The Morgan fingerprint density at radius 1 is 1.06 bits per heavy atom. The van der Waals surface area contributed by atoms with E-state index >= 15 is 0 Å². The number of halogens is 1. The van der Waals surface area contributed by atoms with E-state index in [2.05, 4.69) is 74.3 Å². The molecule has 3 aromatic rings. The summed E-state index contributed by atoms with van der Waals surface area (Å²) in [7, 11) is -1.39. The van der Waals surface area contributed by atoms with E-state index in [0.29, 0.717) is 24.4 Å². The van der Waals surface area contributed by atoms with Crippen molar-refractivity contribution in [1.29, 1.82) is 0 Å². The summed E-state index contributed by atoms with van der Waals surface area (Å²) in [6, 6.07) is 21.1. The fourth-order valence-electron chi connectivity index (χ4n) is 5.13. The van der Waals surface area contributed by atoms with E-state index in [1.807, 2.05) is 12.1 Å². The lowest BCUT2D eigenvalue weighted by atomic mass is 9.98. The van der Waals surface area contributed by atoms with Crippen LogP contribution in [0.2, 0.25) is 5.04 Å². The Hall–Kier alpha value is -2.45. The molecule has 0 unspecified atom stereocenters. The second-order valence-electron chi connectivity index (χ2n) is 10.2. The van der Waals surface area contributed by atoms with Gasteiger partial charge in [-0.2, -0.15) is 0 Å². The molecule has 6 nitrogen and oxygen atoms in total. The monoisotopic (exact) mass is 527 g/mol. The van der Waals surface area contributed by atoms with Crippen LogP contribution in [0.4, 0.5) is 0 Å². The standard InChI is InChI=1S/C28H34ClNO5Si/c1-28(2,3)36(22-11-7-5-8-12-22,23-13-9-6-10-14-23)35-21-15-20(17-27(31)32-4)34-25(16-21)24-19-33-26(18-29)30-24/h5-14,19-21,25H,15-18H2,1-4H3/t20-,21+,25+/m0/s1. The number of nitrogens with zero attached hydrogens (tertiary/aromatic N) is 1. The SMILES string of the molecule is COC(=O)C[C@@H]1C[C@@H](O[Si](c2ccccc2)(c2ccccc2)C(C)(C)C)C[C@H](c2coc(CCl)n2)O1. The molecule has 0 radical (unpaired) electrons. The summed E-state index contributed by atoms with van der Waals surface area (Å²) in [6.45, 7) is 6.77. The number of oxazole rings is 1. The number of alkyl halides is 1. The molecule has 8 heteroatoms. The molecule has 1 saturated heterocycles. The van der Waals surface area contributed by atoms with Gasteiger partial charge in [0, 0.05) is 6.42 Å². The van der Waals surface area contributed by atoms with Crippen LogP contribution in [0.3, 0.4) is 0 Å². The fraction of sp³-hybridized carbons (Fsp3) is 0.429. The summed E-state index contributed by atoms with van der Waals surface area (Å²) in [4.78, 5) is 16.7. The van der Waals surface area contributed by atoms with E-state index in [9.17, 15) is 4.79 Å². The number of esters is 1. The number of methoxy groups -OCH3 is 1. The summed E-state index contributed by atoms with van der Waals surface area (Å²) in [5, 5.41) is 2.25. The molecule has 0 N–H and O–H groups in total. The highest BCUT2D eigenvalue weighted by atomic mass is 35.5. The molecule has 4 rings (SSSR count). The summed E-state index contributed by atoms with van der Waals surface area (Å²) in [6.07, 6.45) is 2.00. The summed E-state index contributed by atoms with van der Waals surface area (Å²) in [5.74, 6) is 0.307. The smallest absolute Gasteiger partial charge is 0.308 e. The Labute approximate surface area is 219 Å². The molecule has 1 fully saturated rings. The zero-order valence-electron chi connectivity index (χ0n) is 21.3. The first-order valence-electron chi connectivity index (χ1n) is 12.3. The van der Waals surface area contributed by atoms with Crippen molar-refractivity contribution in [3.63, 3.8) is 0 Å². The van der Waals surface area contributed by atoms with Crippen molar-refractivity contribution < 1.29 is 23.1 Å². The summed E-state index contributed by atoms with van der Waals surface area (Å²) in [5.41, 5.74) is 0.663. The largest absolute Gasteiger partial charge is 0.469 e. The quantitative estimate of drug-likeness (QED) is 0.229. The van der Waals surface area contributed by atoms with Gasteiger partial charge in [0.2, 0.25) is 5.89 Å². The van der Waals surface area contributed by atoms with E-state index in [-0.39, 0.29) is 41.6 Å². The van der Waals surface area contributed by atoms with Crippen molar-refractivity contribution in [1.82, 2.24) is 4.98 Å². The number of aromatic nitrogens is 1. The molecule has 1 aliphatic heterocycles. The van der Waals surface area contributed by atoms with Crippen molar-refractivity contribution >= 4 is 36.3 Å². The fourth-order valence-corrected chi connectivity index (χ4v) is 9.96. The highest BCUT2D eigenvalue weighted by Crippen LogP contribution is 2.41. The van der Waals surface area contributed by atoms with Crippen LogP contribution in [0.1, 0.15) is 57.7 Å². The zero-order valence-corrected chi connectivity index (χ0v) is 23.0. The van der Waals surface area contributed by atoms with Crippen LogP contribution in [0.15, 0.2) is 71.3 Å². The maximum absolute atomic E-state index is 12.2. The van der Waals surface area contributed by atoms with Crippen molar-refractivity contribution in [3.05, 3.63) is 78.5 Å². The van der Waals surface area contributed by atoms with E-state index in [1.54, 1.807) is 6.26 Å². The molecule has 0 amide bonds. The van der Waals surface area contributed by atoms with E-state index < -0.39 is 8.32 Å². The molecule has 3 atom stereocenters. The van der Waals surface area contributed by atoms with Crippen LogP contribution in [0.5, 0.6) is 0 Å². The van der Waals surface area contributed by atoms with Crippen LogP contribution >= 0.6 is 11.6 Å². The Kier molecular flexibility index (Phi) is 8.35. The highest BCUT2D eigenvalue weighted by Gasteiger charge is 2.52. The minimum atomic E-state index is -2.78. The lowest BCUT2D eigenvalue weighted by Gasteiger charge is -2.47. The Morgan fingerprint density at radius 3 is 2.17 bits per heavy atom. The topological polar surface area (TPSA) is 70.8 Å². The Bertz CT molecular complexity index is 1090. The van der Waals surface area contributed by atoms with Gasteiger partial charge in [0.15, 0.2) is 0 Å². The average molecular weight is 528 g/mol. The van der Waals surface area contributed by atoms with Crippen LogP contribution in [0.25, 0.3) is 0 Å². The third-order valence-corrected chi connectivity index (χ3v) is 12.1. The normalized spacial score (nSPS) is 20.8. The second-order valence-corrected chi connectivity index (χ2v) is 14.7. The van der Waals surface area contributed by atoms with E-state index in [0.717, 1.165) is 0 Å². The van der Waals surface area contributed by atoms with Crippen LogP contribution in [-0.4, -0.2) is 38.6 Å². The van der Waals surface area contributed by atoms with Gasteiger partial charge in [0.05, 0.1) is 31.6 Å².